The van der Waals surface area contributed by atoms with Crippen molar-refractivity contribution < 1.29 is 14.6 Å². The molecule has 0 radical (unpaired) electrons. The second-order valence-electron chi connectivity index (χ2n) is 6.34. The molecule has 0 aliphatic carbocycles. The average Bonchev–Trinajstić information content (AvgIpc) is 2.57. The Morgan fingerprint density at radius 1 is 1.44 bits per heavy atom. The number of carbonyl (C=O) groups excluding carboxylic acids is 1. The first-order chi connectivity index (χ1) is 8.40. The summed E-state index contributed by atoms with van der Waals surface area (Å²) in [6.07, 6.45) is 1.81. The van der Waals surface area contributed by atoms with E-state index in [1.165, 1.54) is 0 Å². The summed E-state index contributed by atoms with van der Waals surface area (Å²) in [6.45, 7) is 7.31. The lowest BCUT2D eigenvalue weighted by Crippen LogP contribution is -2.54. The number of piperidine rings is 1. The van der Waals surface area contributed by atoms with Gasteiger partial charge in [0.1, 0.15) is 5.60 Å². The lowest BCUT2D eigenvalue weighted by molar-refractivity contribution is 0.00184. The predicted molar refractivity (Wildman–Crippen MR) is 68.3 cm³/mol. The minimum absolute atomic E-state index is 0.0231. The number of hydrogen-bond acceptors (Lipinski definition) is 4. The lowest BCUT2D eigenvalue weighted by atomic mass is 9.93. The molecule has 104 valence electrons. The third-order valence-corrected chi connectivity index (χ3v) is 3.68. The Balaban J connectivity index is 2.10. The van der Waals surface area contributed by atoms with Gasteiger partial charge >= 0.3 is 6.09 Å². The van der Waals surface area contributed by atoms with Crippen molar-refractivity contribution in [1.29, 1.82) is 0 Å². The van der Waals surface area contributed by atoms with Gasteiger partial charge in [-0.05, 0) is 39.5 Å². The molecule has 3 saturated heterocycles. The smallest absolute Gasteiger partial charge is 0.410 e. The summed E-state index contributed by atoms with van der Waals surface area (Å²) in [5, 5.41) is 12.8. The van der Waals surface area contributed by atoms with Crippen LogP contribution in [0, 0.1) is 5.92 Å². The third-order valence-electron chi connectivity index (χ3n) is 3.68. The maximum absolute atomic E-state index is 12.2. The van der Waals surface area contributed by atoms with Gasteiger partial charge in [0, 0.05) is 13.1 Å². The van der Waals surface area contributed by atoms with Crippen LogP contribution >= 0.6 is 0 Å². The minimum atomic E-state index is -0.467. The van der Waals surface area contributed by atoms with E-state index in [2.05, 4.69) is 5.32 Å². The van der Waals surface area contributed by atoms with Crippen LogP contribution in [0.15, 0.2) is 0 Å². The van der Waals surface area contributed by atoms with Crippen LogP contribution in [-0.2, 0) is 4.74 Å². The lowest BCUT2D eigenvalue weighted by Gasteiger charge is -2.39. The minimum Gasteiger partial charge on any atom is -0.444 e. The van der Waals surface area contributed by atoms with Crippen LogP contribution < -0.4 is 5.32 Å². The Bertz CT molecular complexity index is 314. The van der Waals surface area contributed by atoms with E-state index in [4.69, 9.17) is 4.74 Å². The molecule has 1 amide bonds. The summed E-state index contributed by atoms with van der Waals surface area (Å²) in [4.78, 5) is 14.0. The molecule has 0 spiro atoms. The number of amides is 1. The molecule has 3 atom stereocenters. The maximum Gasteiger partial charge on any atom is 0.410 e. The average molecular weight is 256 g/mol. The van der Waals surface area contributed by atoms with Crippen LogP contribution in [0.4, 0.5) is 4.79 Å². The first kappa shape index (κ1) is 13.6. The molecule has 3 aliphatic rings. The summed E-state index contributed by atoms with van der Waals surface area (Å²) >= 11 is 0. The molecule has 5 heteroatoms. The first-order valence-corrected chi connectivity index (χ1v) is 6.74. The van der Waals surface area contributed by atoms with Crippen molar-refractivity contribution in [2.45, 2.75) is 51.3 Å². The normalized spacial score (nSPS) is 32.2. The second-order valence-corrected chi connectivity index (χ2v) is 6.34. The van der Waals surface area contributed by atoms with Gasteiger partial charge in [0.15, 0.2) is 0 Å². The largest absolute Gasteiger partial charge is 0.444 e. The van der Waals surface area contributed by atoms with Crippen LogP contribution in [0.2, 0.25) is 0 Å². The number of carbonyl (C=O) groups is 1. The van der Waals surface area contributed by atoms with E-state index in [1.807, 2.05) is 20.8 Å². The van der Waals surface area contributed by atoms with Gasteiger partial charge in [-0.25, -0.2) is 4.79 Å². The Morgan fingerprint density at radius 2 is 2.17 bits per heavy atom. The molecule has 3 fully saturated rings. The fourth-order valence-electron chi connectivity index (χ4n) is 2.82. The molecule has 0 aromatic rings. The standard InChI is InChI=1S/C13H24N2O3/c1-13(2,3)18-12(17)15-7-9-4-5-11(15)10(8-16)14-6-9/h9-11,14,16H,4-8H2,1-3H3/t9-,10-,11+/m1/s1. The molecule has 3 rings (SSSR count). The summed E-state index contributed by atoms with van der Waals surface area (Å²) in [7, 11) is 0. The van der Waals surface area contributed by atoms with Crippen LogP contribution in [-0.4, -0.2) is 53.5 Å². The van der Waals surface area contributed by atoms with Gasteiger partial charge in [-0.1, -0.05) is 0 Å². The van der Waals surface area contributed by atoms with E-state index in [1.54, 1.807) is 4.90 Å². The number of nitrogens with zero attached hydrogens (tertiary/aromatic N) is 1. The number of nitrogens with one attached hydrogen (secondary N) is 1. The number of rotatable bonds is 1. The maximum atomic E-state index is 12.2. The summed E-state index contributed by atoms with van der Waals surface area (Å²) < 4.78 is 5.46. The molecule has 0 aromatic carbocycles. The molecule has 3 heterocycles. The van der Waals surface area contributed by atoms with Crippen molar-refractivity contribution in [1.82, 2.24) is 10.2 Å². The Labute approximate surface area is 108 Å². The van der Waals surface area contributed by atoms with E-state index >= 15 is 0 Å². The van der Waals surface area contributed by atoms with Gasteiger partial charge in [-0.2, -0.15) is 0 Å². The van der Waals surface area contributed by atoms with Crippen molar-refractivity contribution in [2.24, 2.45) is 5.92 Å². The third kappa shape index (κ3) is 2.95. The molecule has 3 aliphatic heterocycles. The van der Waals surface area contributed by atoms with Crippen LogP contribution in [0.3, 0.4) is 0 Å². The molecule has 5 nitrogen and oxygen atoms in total. The van der Waals surface area contributed by atoms with Gasteiger partial charge in [0.2, 0.25) is 0 Å². The number of fused-ring (bicyclic) bond motifs is 4. The van der Waals surface area contributed by atoms with Crippen molar-refractivity contribution in [3.8, 4) is 0 Å². The highest BCUT2D eigenvalue weighted by atomic mass is 16.6. The van der Waals surface area contributed by atoms with Crippen LogP contribution in [0.1, 0.15) is 33.6 Å². The molecule has 2 bridgehead atoms. The van der Waals surface area contributed by atoms with Gasteiger partial charge in [-0.3, -0.25) is 0 Å². The van der Waals surface area contributed by atoms with E-state index in [0.29, 0.717) is 5.92 Å². The van der Waals surface area contributed by atoms with Crippen molar-refractivity contribution in [3.63, 3.8) is 0 Å². The number of aliphatic hydroxyl groups excluding tert-OH is 1. The Kier molecular flexibility index (Phi) is 3.82. The molecular weight excluding hydrogens is 232 g/mol. The van der Waals surface area contributed by atoms with Gasteiger partial charge in [-0.15, -0.1) is 0 Å². The first-order valence-electron chi connectivity index (χ1n) is 6.74. The zero-order valence-corrected chi connectivity index (χ0v) is 11.5. The second kappa shape index (κ2) is 5.05. The summed E-state index contributed by atoms with van der Waals surface area (Å²) in [6, 6.07) is 0.0358. The quantitative estimate of drug-likeness (QED) is 0.734. The number of aliphatic hydroxyl groups is 1. The highest BCUT2D eigenvalue weighted by molar-refractivity contribution is 5.69. The van der Waals surface area contributed by atoms with Gasteiger partial charge in [0.25, 0.3) is 0 Å². The van der Waals surface area contributed by atoms with Crippen molar-refractivity contribution >= 4 is 6.09 Å². The molecule has 0 aromatic heterocycles. The number of ether oxygens (including phenoxy) is 1. The highest BCUT2D eigenvalue weighted by Crippen LogP contribution is 2.28. The zero-order chi connectivity index (χ0) is 13.3. The Morgan fingerprint density at radius 3 is 2.78 bits per heavy atom. The van der Waals surface area contributed by atoms with Crippen molar-refractivity contribution in [3.05, 3.63) is 0 Å². The van der Waals surface area contributed by atoms with E-state index in [0.717, 1.165) is 25.9 Å². The zero-order valence-electron chi connectivity index (χ0n) is 11.5. The Hall–Kier alpha value is -0.810. The number of hydrogen-bond donors (Lipinski definition) is 2. The van der Waals surface area contributed by atoms with E-state index in [-0.39, 0.29) is 24.8 Å². The summed E-state index contributed by atoms with van der Waals surface area (Å²) in [5.74, 6) is 0.477. The molecule has 2 N–H and O–H groups in total. The van der Waals surface area contributed by atoms with Crippen LogP contribution in [0.25, 0.3) is 0 Å². The topological polar surface area (TPSA) is 61.8 Å². The van der Waals surface area contributed by atoms with Gasteiger partial charge in [0.05, 0.1) is 18.7 Å². The van der Waals surface area contributed by atoms with E-state index < -0.39 is 5.60 Å². The predicted octanol–water partition coefficient (Wildman–Crippen LogP) is 0.966. The van der Waals surface area contributed by atoms with Gasteiger partial charge < -0.3 is 20.1 Å². The van der Waals surface area contributed by atoms with Crippen molar-refractivity contribution in [2.75, 3.05) is 19.7 Å². The fourth-order valence-corrected chi connectivity index (χ4v) is 2.82. The fraction of sp³-hybridized carbons (Fsp3) is 0.923. The molecule has 18 heavy (non-hydrogen) atoms. The van der Waals surface area contributed by atoms with E-state index in [9.17, 15) is 9.90 Å². The summed E-state index contributed by atoms with van der Waals surface area (Å²) in [5.41, 5.74) is -0.467. The SMILES string of the molecule is CC(C)(C)OC(=O)N1C[C@@H]2CC[C@H]1[C@@H](CO)NC2. The highest BCUT2D eigenvalue weighted by Gasteiger charge is 2.40. The monoisotopic (exact) mass is 256 g/mol. The molecule has 0 saturated carbocycles. The molecule has 0 unspecified atom stereocenters. The van der Waals surface area contributed by atoms with Crippen LogP contribution in [0.5, 0.6) is 0 Å². The molecular formula is C13H24N2O3.